The van der Waals surface area contributed by atoms with Gasteiger partial charge >= 0.3 is 5.97 Å². The fraction of sp³-hybridized carbons (Fsp3) is 0.250. The van der Waals surface area contributed by atoms with Crippen molar-refractivity contribution in [1.82, 2.24) is 9.97 Å². The van der Waals surface area contributed by atoms with Crippen molar-refractivity contribution in [2.24, 2.45) is 0 Å². The zero-order valence-corrected chi connectivity index (χ0v) is 10.7. The van der Waals surface area contributed by atoms with Crippen molar-refractivity contribution in [3.05, 3.63) is 40.0 Å². The first-order chi connectivity index (χ1) is 8.66. The maximum Gasteiger partial charge on any atom is 0.337 e. The molecule has 0 spiro atoms. The van der Waals surface area contributed by atoms with E-state index in [0.717, 1.165) is 18.7 Å². The SMILES string of the molecule is Cc1nc(NCCc2cscn2)ccc1C(=O)O. The third kappa shape index (κ3) is 3.04. The number of thiazole rings is 1. The largest absolute Gasteiger partial charge is 0.478 e. The molecule has 0 saturated heterocycles. The molecule has 0 fully saturated rings. The van der Waals surface area contributed by atoms with Gasteiger partial charge in [-0.25, -0.2) is 14.8 Å². The molecule has 2 aromatic heterocycles. The molecular weight excluding hydrogens is 250 g/mol. The number of carboxylic acids is 1. The molecule has 0 bridgehead atoms. The second-order valence-corrected chi connectivity index (χ2v) is 4.51. The van der Waals surface area contributed by atoms with E-state index in [-0.39, 0.29) is 5.56 Å². The van der Waals surface area contributed by atoms with Gasteiger partial charge in [0, 0.05) is 18.3 Å². The van der Waals surface area contributed by atoms with E-state index in [4.69, 9.17) is 5.11 Å². The summed E-state index contributed by atoms with van der Waals surface area (Å²) in [5.41, 5.74) is 3.60. The molecule has 2 N–H and O–H groups in total. The highest BCUT2D eigenvalue weighted by Gasteiger charge is 2.08. The van der Waals surface area contributed by atoms with Gasteiger partial charge in [-0.1, -0.05) is 0 Å². The van der Waals surface area contributed by atoms with Crippen LogP contribution < -0.4 is 5.32 Å². The topological polar surface area (TPSA) is 75.1 Å². The lowest BCUT2D eigenvalue weighted by Crippen LogP contribution is -2.09. The first-order valence-electron chi connectivity index (χ1n) is 5.48. The Morgan fingerprint density at radius 1 is 1.50 bits per heavy atom. The molecule has 2 heterocycles. The van der Waals surface area contributed by atoms with Crippen molar-refractivity contribution < 1.29 is 9.90 Å². The van der Waals surface area contributed by atoms with E-state index in [1.807, 2.05) is 5.38 Å². The summed E-state index contributed by atoms with van der Waals surface area (Å²) in [5.74, 6) is -0.262. The Kier molecular flexibility index (Phi) is 3.88. The Hall–Kier alpha value is -1.95. The van der Waals surface area contributed by atoms with Crippen LogP contribution in [0.1, 0.15) is 21.7 Å². The Morgan fingerprint density at radius 3 is 2.94 bits per heavy atom. The molecule has 0 radical (unpaired) electrons. The average Bonchev–Trinajstić information content (AvgIpc) is 2.81. The van der Waals surface area contributed by atoms with E-state index in [9.17, 15) is 4.79 Å². The molecule has 0 unspecified atom stereocenters. The number of nitrogens with zero attached hydrogens (tertiary/aromatic N) is 2. The lowest BCUT2D eigenvalue weighted by molar-refractivity contribution is 0.0695. The molecule has 6 heteroatoms. The van der Waals surface area contributed by atoms with E-state index in [0.29, 0.717) is 11.5 Å². The summed E-state index contributed by atoms with van der Waals surface area (Å²) >= 11 is 1.57. The summed E-state index contributed by atoms with van der Waals surface area (Å²) in [5, 5.41) is 14.0. The number of aryl methyl sites for hydroxylation is 1. The zero-order valence-electron chi connectivity index (χ0n) is 9.88. The predicted octanol–water partition coefficient (Wildman–Crippen LogP) is 2.20. The molecule has 18 heavy (non-hydrogen) atoms. The van der Waals surface area contributed by atoms with Gasteiger partial charge in [-0.05, 0) is 19.1 Å². The van der Waals surface area contributed by atoms with Crippen molar-refractivity contribution in [2.75, 3.05) is 11.9 Å². The molecule has 2 aromatic rings. The smallest absolute Gasteiger partial charge is 0.337 e. The molecule has 0 aliphatic rings. The second-order valence-electron chi connectivity index (χ2n) is 3.79. The number of anilines is 1. The highest BCUT2D eigenvalue weighted by atomic mass is 32.1. The van der Waals surface area contributed by atoms with Crippen molar-refractivity contribution in [3.63, 3.8) is 0 Å². The highest BCUT2D eigenvalue weighted by Crippen LogP contribution is 2.10. The summed E-state index contributed by atoms with van der Waals surface area (Å²) < 4.78 is 0. The van der Waals surface area contributed by atoms with E-state index < -0.39 is 5.97 Å². The molecule has 0 saturated carbocycles. The van der Waals surface area contributed by atoms with Crippen LogP contribution in [0.25, 0.3) is 0 Å². The maximum absolute atomic E-state index is 10.8. The van der Waals surface area contributed by atoms with Crippen LogP contribution in [0.2, 0.25) is 0 Å². The quantitative estimate of drug-likeness (QED) is 0.865. The third-order valence-corrected chi connectivity index (χ3v) is 3.12. The normalized spacial score (nSPS) is 10.3. The minimum Gasteiger partial charge on any atom is -0.478 e. The van der Waals surface area contributed by atoms with Gasteiger partial charge in [0.25, 0.3) is 0 Å². The number of rotatable bonds is 5. The summed E-state index contributed by atoms with van der Waals surface area (Å²) in [6.07, 6.45) is 0.824. The van der Waals surface area contributed by atoms with Crippen LogP contribution in [0.5, 0.6) is 0 Å². The number of pyridine rings is 1. The number of aromatic carboxylic acids is 1. The number of nitrogens with one attached hydrogen (secondary N) is 1. The first kappa shape index (κ1) is 12.5. The van der Waals surface area contributed by atoms with Gasteiger partial charge < -0.3 is 10.4 Å². The zero-order chi connectivity index (χ0) is 13.0. The number of carboxylic acid groups (broad SMARTS) is 1. The molecule has 0 amide bonds. The second kappa shape index (κ2) is 5.59. The monoisotopic (exact) mass is 263 g/mol. The highest BCUT2D eigenvalue weighted by molar-refractivity contribution is 7.07. The Bertz CT molecular complexity index is 540. The molecular formula is C12H13N3O2S. The maximum atomic E-state index is 10.8. The van der Waals surface area contributed by atoms with Crippen LogP contribution in [-0.2, 0) is 6.42 Å². The fourth-order valence-corrected chi connectivity index (χ4v) is 2.16. The van der Waals surface area contributed by atoms with E-state index in [2.05, 4.69) is 15.3 Å². The Labute approximate surface area is 109 Å². The standard InChI is InChI=1S/C12H13N3O2S/c1-8-10(12(16)17)2-3-11(15-8)13-5-4-9-6-18-7-14-9/h2-3,6-7H,4-5H2,1H3,(H,13,15)(H,16,17). The van der Waals surface area contributed by atoms with Gasteiger partial charge in [0.2, 0.25) is 0 Å². The van der Waals surface area contributed by atoms with Gasteiger partial charge in [-0.3, -0.25) is 0 Å². The molecule has 2 rings (SSSR count). The summed E-state index contributed by atoms with van der Waals surface area (Å²) in [6, 6.07) is 3.24. The number of carbonyl (C=O) groups is 1. The fourth-order valence-electron chi connectivity index (χ4n) is 1.57. The van der Waals surface area contributed by atoms with Crippen molar-refractivity contribution in [3.8, 4) is 0 Å². The van der Waals surface area contributed by atoms with Crippen molar-refractivity contribution in [2.45, 2.75) is 13.3 Å². The number of hydrogen-bond acceptors (Lipinski definition) is 5. The van der Waals surface area contributed by atoms with E-state index >= 15 is 0 Å². The van der Waals surface area contributed by atoms with Gasteiger partial charge in [0.1, 0.15) is 5.82 Å². The summed E-state index contributed by atoms with van der Waals surface area (Å²) in [7, 11) is 0. The van der Waals surface area contributed by atoms with Crippen LogP contribution >= 0.6 is 11.3 Å². The van der Waals surface area contributed by atoms with Crippen LogP contribution in [0, 0.1) is 6.92 Å². The van der Waals surface area contributed by atoms with Gasteiger partial charge in [0.05, 0.1) is 22.5 Å². The van der Waals surface area contributed by atoms with Crippen molar-refractivity contribution >= 4 is 23.1 Å². The minimum atomic E-state index is -0.950. The predicted molar refractivity (Wildman–Crippen MR) is 70.2 cm³/mol. The van der Waals surface area contributed by atoms with E-state index in [1.54, 1.807) is 35.9 Å². The molecule has 5 nitrogen and oxygen atoms in total. The molecule has 0 aliphatic heterocycles. The molecule has 0 aliphatic carbocycles. The third-order valence-electron chi connectivity index (χ3n) is 2.49. The Morgan fingerprint density at radius 2 is 2.33 bits per heavy atom. The Balaban J connectivity index is 1.94. The van der Waals surface area contributed by atoms with Gasteiger partial charge in [-0.15, -0.1) is 11.3 Å². The average molecular weight is 263 g/mol. The number of hydrogen-bond donors (Lipinski definition) is 2. The van der Waals surface area contributed by atoms with Gasteiger partial charge in [0.15, 0.2) is 0 Å². The summed E-state index contributed by atoms with van der Waals surface area (Å²) in [6.45, 7) is 2.41. The van der Waals surface area contributed by atoms with Gasteiger partial charge in [-0.2, -0.15) is 0 Å². The molecule has 0 atom stereocenters. The van der Waals surface area contributed by atoms with Crippen LogP contribution in [-0.4, -0.2) is 27.6 Å². The van der Waals surface area contributed by atoms with Crippen LogP contribution in [0.15, 0.2) is 23.0 Å². The lowest BCUT2D eigenvalue weighted by Gasteiger charge is -2.06. The van der Waals surface area contributed by atoms with Crippen LogP contribution in [0.3, 0.4) is 0 Å². The van der Waals surface area contributed by atoms with Crippen molar-refractivity contribution in [1.29, 1.82) is 0 Å². The van der Waals surface area contributed by atoms with Crippen LogP contribution in [0.4, 0.5) is 5.82 Å². The minimum absolute atomic E-state index is 0.236. The lowest BCUT2D eigenvalue weighted by atomic mass is 10.2. The van der Waals surface area contributed by atoms with E-state index in [1.165, 1.54) is 0 Å². The molecule has 94 valence electrons. The first-order valence-corrected chi connectivity index (χ1v) is 6.43. The summed E-state index contributed by atoms with van der Waals surface area (Å²) in [4.78, 5) is 19.2. The molecule has 0 aromatic carbocycles. The number of aromatic nitrogens is 2.